The highest BCUT2D eigenvalue weighted by molar-refractivity contribution is 5.34. The second-order valence-corrected chi connectivity index (χ2v) is 4.22. The number of fused-ring (bicyclic) bond motifs is 1. The van der Waals surface area contributed by atoms with Crippen LogP contribution in [0.2, 0.25) is 0 Å². The first-order valence-corrected chi connectivity index (χ1v) is 4.94. The van der Waals surface area contributed by atoms with Crippen LogP contribution >= 0.6 is 0 Å². The van der Waals surface area contributed by atoms with Crippen molar-refractivity contribution >= 4 is 0 Å². The summed E-state index contributed by atoms with van der Waals surface area (Å²) in [6, 6.07) is 3.73. The molecule has 70 valence electrons. The molecule has 0 saturated carbocycles. The van der Waals surface area contributed by atoms with Crippen LogP contribution in [0.25, 0.3) is 0 Å². The van der Waals surface area contributed by atoms with Crippen molar-refractivity contribution in [1.82, 2.24) is 0 Å². The third-order valence-corrected chi connectivity index (χ3v) is 2.96. The molecule has 1 atom stereocenters. The number of hydrogen-bond acceptors (Lipinski definition) is 0. The summed E-state index contributed by atoms with van der Waals surface area (Å²) < 4.78 is 13.2. The molecular formula is C12H15F. The average Bonchev–Trinajstić information content (AvgIpc) is 2.08. The van der Waals surface area contributed by atoms with E-state index in [0.29, 0.717) is 0 Å². The minimum absolute atomic E-state index is 0.0479. The minimum atomic E-state index is -0.0479. The third kappa shape index (κ3) is 1.60. The van der Waals surface area contributed by atoms with Crippen LogP contribution in [0, 0.1) is 18.7 Å². The summed E-state index contributed by atoms with van der Waals surface area (Å²) in [7, 11) is 0. The number of aryl methyl sites for hydroxylation is 2. The van der Waals surface area contributed by atoms with Crippen LogP contribution < -0.4 is 0 Å². The smallest absolute Gasteiger partial charge is 0.126 e. The molecule has 0 radical (unpaired) electrons. The fourth-order valence-electron chi connectivity index (χ4n) is 2.08. The summed E-state index contributed by atoms with van der Waals surface area (Å²) in [5, 5.41) is 0. The highest BCUT2D eigenvalue weighted by atomic mass is 19.1. The quantitative estimate of drug-likeness (QED) is 0.572. The zero-order valence-electron chi connectivity index (χ0n) is 8.23. The van der Waals surface area contributed by atoms with Gasteiger partial charge in [0.05, 0.1) is 0 Å². The van der Waals surface area contributed by atoms with Crippen LogP contribution in [0.4, 0.5) is 4.39 Å². The summed E-state index contributed by atoms with van der Waals surface area (Å²) in [5.41, 5.74) is 3.37. The van der Waals surface area contributed by atoms with Crippen molar-refractivity contribution in [3.63, 3.8) is 0 Å². The Morgan fingerprint density at radius 1 is 1.31 bits per heavy atom. The molecule has 1 aromatic rings. The van der Waals surface area contributed by atoms with Crippen LogP contribution in [-0.4, -0.2) is 0 Å². The van der Waals surface area contributed by atoms with Crippen molar-refractivity contribution in [1.29, 1.82) is 0 Å². The Morgan fingerprint density at radius 2 is 2.08 bits per heavy atom. The molecule has 0 spiro atoms. The lowest BCUT2D eigenvalue weighted by Gasteiger charge is -2.21. The molecule has 0 amide bonds. The molecule has 0 aromatic heterocycles. The lowest BCUT2D eigenvalue weighted by Crippen LogP contribution is -2.11. The van der Waals surface area contributed by atoms with Crippen molar-refractivity contribution in [2.75, 3.05) is 0 Å². The van der Waals surface area contributed by atoms with Gasteiger partial charge in [0.15, 0.2) is 0 Å². The van der Waals surface area contributed by atoms with Gasteiger partial charge in [0.2, 0.25) is 0 Å². The molecule has 1 aliphatic carbocycles. The SMILES string of the molecule is Cc1cc2c(cc1F)CC[C@H](C)C2. The van der Waals surface area contributed by atoms with E-state index >= 15 is 0 Å². The molecule has 0 fully saturated rings. The van der Waals surface area contributed by atoms with Gasteiger partial charge in [-0.05, 0) is 54.9 Å². The highest BCUT2D eigenvalue weighted by Crippen LogP contribution is 2.27. The monoisotopic (exact) mass is 178 g/mol. The van der Waals surface area contributed by atoms with Crippen molar-refractivity contribution in [3.8, 4) is 0 Å². The molecule has 1 aliphatic rings. The van der Waals surface area contributed by atoms with Gasteiger partial charge in [-0.25, -0.2) is 4.39 Å². The van der Waals surface area contributed by atoms with E-state index in [-0.39, 0.29) is 5.82 Å². The van der Waals surface area contributed by atoms with Gasteiger partial charge in [0.25, 0.3) is 0 Å². The number of hydrogen-bond donors (Lipinski definition) is 0. The largest absolute Gasteiger partial charge is 0.207 e. The molecule has 0 N–H and O–H groups in total. The Bertz CT molecular complexity index is 328. The van der Waals surface area contributed by atoms with Crippen molar-refractivity contribution in [3.05, 3.63) is 34.6 Å². The Balaban J connectivity index is 2.43. The van der Waals surface area contributed by atoms with E-state index in [2.05, 4.69) is 6.92 Å². The topological polar surface area (TPSA) is 0 Å². The minimum Gasteiger partial charge on any atom is -0.207 e. The first-order valence-electron chi connectivity index (χ1n) is 4.94. The van der Waals surface area contributed by atoms with Gasteiger partial charge in [-0.15, -0.1) is 0 Å². The molecule has 0 unspecified atom stereocenters. The fraction of sp³-hybridized carbons (Fsp3) is 0.500. The number of rotatable bonds is 0. The lowest BCUT2D eigenvalue weighted by atomic mass is 9.84. The summed E-state index contributed by atoms with van der Waals surface area (Å²) in [4.78, 5) is 0. The maximum atomic E-state index is 13.2. The van der Waals surface area contributed by atoms with Gasteiger partial charge >= 0.3 is 0 Å². The van der Waals surface area contributed by atoms with Crippen LogP contribution in [0.5, 0.6) is 0 Å². The van der Waals surface area contributed by atoms with Gasteiger partial charge in [0, 0.05) is 0 Å². The molecule has 2 rings (SSSR count). The Morgan fingerprint density at radius 3 is 2.85 bits per heavy atom. The fourth-order valence-corrected chi connectivity index (χ4v) is 2.08. The summed E-state index contributed by atoms with van der Waals surface area (Å²) in [5.74, 6) is 0.714. The molecule has 1 heteroatoms. The predicted octanol–water partition coefficient (Wildman–Crippen LogP) is 3.26. The van der Waals surface area contributed by atoms with Gasteiger partial charge in [-0.3, -0.25) is 0 Å². The van der Waals surface area contributed by atoms with E-state index < -0.39 is 0 Å². The second kappa shape index (κ2) is 3.13. The molecule has 0 aliphatic heterocycles. The maximum Gasteiger partial charge on any atom is 0.126 e. The standard InChI is InChI=1S/C12H15F/c1-8-3-4-10-7-12(13)9(2)6-11(10)5-8/h6-8H,3-5H2,1-2H3/t8-/m0/s1. The highest BCUT2D eigenvalue weighted by Gasteiger charge is 2.16. The van der Waals surface area contributed by atoms with Crippen LogP contribution in [0.15, 0.2) is 12.1 Å². The summed E-state index contributed by atoms with van der Waals surface area (Å²) in [6.07, 6.45) is 3.37. The van der Waals surface area contributed by atoms with Crippen LogP contribution in [-0.2, 0) is 12.8 Å². The predicted molar refractivity (Wildman–Crippen MR) is 52.3 cm³/mol. The van der Waals surface area contributed by atoms with Crippen molar-refractivity contribution < 1.29 is 4.39 Å². The van der Waals surface area contributed by atoms with Gasteiger partial charge < -0.3 is 0 Å². The van der Waals surface area contributed by atoms with Crippen LogP contribution in [0.1, 0.15) is 30.0 Å². The number of benzene rings is 1. The normalized spacial score (nSPS) is 21.3. The van der Waals surface area contributed by atoms with Gasteiger partial charge in [-0.1, -0.05) is 13.0 Å². The second-order valence-electron chi connectivity index (χ2n) is 4.22. The first kappa shape index (κ1) is 8.74. The van der Waals surface area contributed by atoms with E-state index in [9.17, 15) is 4.39 Å². The molecular weight excluding hydrogens is 163 g/mol. The Kier molecular flexibility index (Phi) is 2.10. The van der Waals surface area contributed by atoms with E-state index in [4.69, 9.17) is 0 Å². The van der Waals surface area contributed by atoms with E-state index in [0.717, 1.165) is 24.3 Å². The maximum absolute atomic E-state index is 13.2. The van der Waals surface area contributed by atoms with E-state index in [1.807, 2.05) is 13.0 Å². The molecule has 0 bridgehead atoms. The summed E-state index contributed by atoms with van der Waals surface area (Å²) >= 11 is 0. The molecule has 13 heavy (non-hydrogen) atoms. The summed E-state index contributed by atoms with van der Waals surface area (Å²) in [6.45, 7) is 4.11. The average molecular weight is 178 g/mol. The molecule has 0 saturated heterocycles. The van der Waals surface area contributed by atoms with Crippen LogP contribution in [0.3, 0.4) is 0 Å². The Hall–Kier alpha value is -0.850. The van der Waals surface area contributed by atoms with E-state index in [1.165, 1.54) is 17.5 Å². The first-order chi connectivity index (χ1) is 6.16. The van der Waals surface area contributed by atoms with Crippen molar-refractivity contribution in [2.24, 2.45) is 5.92 Å². The molecule has 0 nitrogen and oxygen atoms in total. The number of halogens is 1. The van der Waals surface area contributed by atoms with Gasteiger partial charge in [-0.2, -0.15) is 0 Å². The lowest BCUT2D eigenvalue weighted by molar-refractivity contribution is 0.496. The molecule has 0 heterocycles. The van der Waals surface area contributed by atoms with Gasteiger partial charge in [0.1, 0.15) is 5.82 Å². The van der Waals surface area contributed by atoms with Crippen molar-refractivity contribution in [2.45, 2.75) is 33.1 Å². The molecule has 1 aromatic carbocycles. The third-order valence-electron chi connectivity index (χ3n) is 2.96. The van der Waals surface area contributed by atoms with E-state index in [1.54, 1.807) is 6.07 Å². The zero-order chi connectivity index (χ0) is 9.42. The zero-order valence-corrected chi connectivity index (χ0v) is 8.23. The Labute approximate surface area is 78.8 Å².